The van der Waals surface area contributed by atoms with E-state index in [1.807, 2.05) is 0 Å². The molecule has 18 heavy (non-hydrogen) atoms. The number of nitrogens with one attached hydrogen (secondary N) is 1. The van der Waals surface area contributed by atoms with E-state index in [2.05, 4.69) is 10.1 Å². The van der Waals surface area contributed by atoms with Gasteiger partial charge in [-0.3, -0.25) is 0 Å². The van der Waals surface area contributed by atoms with Gasteiger partial charge in [0.25, 0.3) is 0 Å². The Morgan fingerprint density at radius 1 is 1.44 bits per heavy atom. The lowest BCUT2D eigenvalue weighted by Crippen LogP contribution is -2.17. The zero-order chi connectivity index (χ0) is 13.3. The van der Waals surface area contributed by atoms with Crippen LogP contribution in [0.4, 0.5) is 18.0 Å². The molecule has 4 nitrogen and oxygen atoms in total. The van der Waals surface area contributed by atoms with Crippen molar-refractivity contribution in [3.63, 3.8) is 0 Å². The van der Waals surface area contributed by atoms with E-state index in [1.165, 1.54) is 12.1 Å². The molecule has 8 heteroatoms. The zero-order valence-corrected chi connectivity index (χ0v) is 9.51. The number of halogens is 4. The topological polar surface area (TPSA) is 47.6 Å². The average molecular weight is 282 g/mol. The van der Waals surface area contributed by atoms with Gasteiger partial charge in [-0.1, -0.05) is 17.7 Å². The van der Waals surface area contributed by atoms with Crippen molar-refractivity contribution in [3.05, 3.63) is 28.8 Å². The maximum absolute atomic E-state index is 12.0. The minimum absolute atomic E-state index is 0.201. The van der Waals surface area contributed by atoms with Crippen molar-refractivity contribution in [2.75, 3.05) is 6.54 Å². The minimum Gasteiger partial charge on any atom is -0.439 e. The number of benzene rings is 1. The Bertz CT molecular complexity index is 478. The molecule has 1 unspecified atom stereocenters. The second kappa shape index (κ2) is 4.56. The van der Waals surface area contributed by atoms with E-state index in [0.717, 1.165) is 6.07 Å². The second-order valence-electron chi connectivity index (χ2n) is 3.51. The molecular weight excluding hydrogens is 275 g/mol. The van der Waals surface area contributed by atoms with Crippen LogP contribution in [0.2, 0.25) is 5.02 Å². The number of carbonyl (C=O) groups is 1. The summed E-state index contributed by atoms with van der Waals surface area (Å²) in [6.07, 6.45) is -5.94. The van der Waals surface area contributed by atoms with Crippen molar-refractivity contribution in [1.29, 1.82) is 0 Å². The van der Waals surface area contributed by atoms with Crippen LogP contribution in [-0.4, -0.2) is 19.0 Å². The molecule has 1 aromatic rings. The second-order valence-corrected chi connectivity index (χ2v) is 3.92. The van der Waals surface area contributed by atoms with Gasteiger partial charge in [0.15, 0.2) is 0 Å². The SMILES string of the molecule is O=C1NCC(c2ccc(OC(F)(F)F)c(Cl)c2)O1. The number of alkyl halides is 3. The molecule has 2 rings (SSSR count). The summed E-state index contributed by atoms with van der Waals surface area (Å²) in [5.41, 5.74) is 0.493. The first-order chi connectivity index (χ1) is 8.35. The van der Waals surface area contributed by atoms with E-state index >= 15 is 0 Å². The van der Waals surface area contributed by atoms with Crippen LogP contribution in [-0.2, 0) is 4.74 Å². The number of rotatable bonds is 2. The molecule has 1 aromatic carbocycles. The summed E-state index contributed by atoms with van der Waals surface area (Å²) in [7, 11) is 0. The molecule has 0 bridgehead atoms. The lowest BCUT2D eigenvalue weighted by molar-refractivity contribution is -0.274. The van der Waals surface area contributed by atoms with Crippen LogP contribution in [0.25, 0.3) is 0 Å². The number of hydrogen-bond donors (Lipinski definition) is 1. The molecule has 1 saturated heterocycles. The Labute approximate surface area is 105 Å². The van der Waals surface area contributed by atoms with Crippen molar-refractivity contribution in [3.8, 4) is 5.75 Å². The Morgan fingerprint density at radius 2 is 2.17 bits per heavy atom. The fraction of sp³-hybridized carbons (Fsp3) is 0.300. The van der Waals surface area contributed by atoms with Crippen molar-refractivity contribution in [2.45, 2.75) is 12.5 Å². The van der Waals surface area contributed by atoms with Gasteiger partial charge in [-0.2, -0.15) is 0 Å². The van der Waals surface area contributed by atoms with Gasteiger partial charge in [0.05, 0.1) is 11.6 Å². The van der Waals surface area contributed by atoms with Gasteiger partial charge in [-0.25, -0.2) is 4.79 Å². The smallest absolute Gasteiger partial charge is 0.439 e. The maximum atomic E-state index is 12.0. The predicted molar refractivity (Wildman–Crippen MR) is 55.4 cm³/mol. The molecular formula is C10H7ClF3NO3. The van der Waals surface area contributed by atoms with Crippen molar-refractivity contribution in [2.24, 2.45) is 0 Å². The van der Waals surface area contributed by atoms with E-state index in [0.29, 0.717) is 5.56 Å². The average Bonchev–Trinajstić information content (AvgIpc) is 2.66. The Kier molecular flexibility index (Phi) is 3.25. The fourth-order valence-corrected chi connectivity index (χ4v) is 1.73. The Hall–Kier alpha value is -1.63. The minimum atomic E-state index is -4.80. The van der Waals surface area contributed by atoms with Crippen molar-refractivity contribution >= 4 is 17.7 Å². The first-order valence-corrected chi connectivity index (χ1v) is 5.22. The number of cyclic esters (lactones) is 1. The monoisotopic (exact) mass is 281 g/mol. The molecule has 1 heterocycles. The van der Waals surface area contributed by atoms with Crippen molar-refractivity contribution in [1.82, 2.24) is 5.32 Å². The van der Waals surface area contributed by atoms with Crippen LogP contribution in [0, 0.1) is 0 Å². The van der Waals surface area contributed by atoms with E-state index < -0.39 is 24.3 Å². The first-order valence-electron chi connectivity index (χ1n) is 4.85. The van der Waals surface area contributed by atoms with Crippen LogP contribution >= 0.6 is 11.6 Å². The van der Waals surface area contributed by atoms with Gasteiger partial charge in [0, 0.05) is 0 Å². The number of alkyl carbamates (subject to hydrolysis) is 1. The van der Waals surface area contributed by atoms with Crippen LogP contribution in [0.5, 0.6) is 5.75 Å². The number of carbonyl (C=O) groups excluding carboxylic acids is 1. The third kappa shape index (κ3) is 2.98. The molecule has 1 N–H and O–H groups in total. The summed E-state index contributed by atoms with van der Waals surface area (Å²) in [6.45, 7) is 0.245. The van der Waals surface area contributed by atoms with E-state index in [-0.39, 0.29) is 11.6 Å². The molecule has 0 spiro atoms. The quantitative estimate of drug-likeness (QED) is 0.906. The fourth-order valence-electron chi connectivity index (χ4n) is 1.50. The van der Waals surface area contributed by atoms with Gasteiger partial charge >= 0.3 is 12.5 Å². The van der Waals surface area contributed by atoms with Crippen LogP contribution in [0.3, 0.4) is 0 Å². The summed E-state index contributed by atoms with van der Waals surface area (Å²) in [5, 5.41) is 2.22. The highest BCUT2D eigenvalue weighted by Crippen LogP contribution is 2.33. The molecule has 1 atom stereocenters. The maximum Gasteiger partial charge on any atom is 0.573 e. The molecule has 1 aliphatic heterocycles. The highest BCUT2D eigenvalue weighted by Gasteiger charge is 2.32. The summed E-state index contributed by atoms with van der Waals surface area (Å²) in [4.78, 5) is 10.8. The third-order valence-electron chi connectivity index (χ3n) is 2.23. The largest absolute Gasteiger partial charge is 0.573 e. The summed E-state index contributed by atoms with van der Waals surface area (Å²) in [5.74, 6) is -0.495. The zero-order valence-electron chi connectivity index (χ0n) is 8.75. The summed E-state index contributed by atoms with van der Waals surface area (Å²) in [6, 6.07) is 3.71. The third-order valence-corrected chi connectivity index (χ3v) is 2.53. The summed E-state index contributed by atoms with van der Waals surface area (Å²) >= 11 is 5.66. The normalized spacial score (nSPS) is 19.3. The van der Waals surface area contributed by atoms with E-state index in [4.69, 9.17) is 16.3 Å². The Balaban J connectivity index is 2.17. The molecule has 0 saturated carbocycles. The standard InChI is InChI=1S/C10H7ClF3NO3/c11-6-3-5(8-4-15-9(16)17-8)1-2-7(6)18-10(12,13)14/h1-3,8H,4H2,(H,15,16). The molecule has 98 valence electrons. The van der Waals surface area contributed by atoms with E-state index in [1.54, 1.807) is 0 Å². The Morgan fingerprint density at radius 3 is 2.67 bits per heavy atom. The molecule has 1 aliphatic rings. The number of hydrogen-bond acceptors (Lipinski definition) is 3. The van der Waals surface area contributed by atoms with Gasteiger partial charge < -0.3 is 14.8 Å². The molecule has 1 fully saturated rings. The summed E-state index contributed by atoms with van der Waals surface area (Å²) < 4.78 is 44.6. The van der Waals surface area contributed by atoms with E-state index in [9.17, 15) is 18.0 Å². The van der Waals surface area contributed by atoms with Gasteiger partial charge in [-0.05, 0) is 17.7 Å². The van der Waals surface area contributed by atoms with Crippen LogP contribution in [0.15, 0.2) is 18.2 Å². The number of ether oxygens (including phenoxy) is 2. The number of amides is 1. The van der Waals surface area contributed by atoms with Gasteiger partial charge in [-0.15, -0.1) is 13.2 Å². The van der Waals surface area contributed by atoms with Gasteiger partial charge in [0.1, 0.15) is 11.9 Å². The van der Waals surface area contributed by atoms with Crippen LogP contribution < -0.4 is 10.1 Å². The van der Waals surface area contributed by atoms with Crippen LogP contribution in [0.1, 0.15) is 11.7 Å². The molecule has 1 amide bonds. The highest BCUT2D eigenvalue weighted by atomic mass is 35.5. The molecule has 0 radical (unpaired) electrons. The predicted octanol–water partition coefficient (Wildman–Crippen LogP) is 3.02. The molecule has 0 aliphatic carbocycles. The van der Waals surface area contributed by atoms with Crippen molar-refractivity contribution < 1.29 is 27.4 Å². The lowest BCUT2D eigenvalue weighted by Gasteiger charge is -2.13. The van der Waals surface area contributed by atoms with Gasteiger partial charge in [0.2, 0.25) is 0 Å². The molecule has 0 aromatic heterocycles. The highest BCUT2D eigenvalue weighted by molar-refractivity contribution is 6.32. The first kappa shape index (κ1) is 12.8. The lowest BCUT2D eigenvalue weighted by atomic mass is 10.1.